The molecular weight excluding hydrogens is 204 g/mol. The van der Waals surface area contributed by atoms with Crippen LogP contribution in [0.5, 0.6) is 0 Å². The Bertz CT molecular complexity index is 342. The topological polar surface area (TPSA) is 63.6 Å². The van der Waals surface area contributed by atoms with Crippen molar-refractivity contribution in [1.29, 1.82) is 0 Å². The molecule has 0 aromatic carbocycles. The lowest BCUT2D eigenvalue weighted by Crippen LogP contribution is -2.39. The van der Waals surface area contributed by atoms with Crippen LogP contribution in [-0.2, 0) is 14.9 Å². The fourth-order valence-corrected chi connectivity index (χ4v) is 2.02. The summed E-state index contributed by atoms with van der Waals surface area (Å²) in [6.07, 6.45) is 7.17. The third-order valence-electron chi connectivity index (χ3n) is 1.99. The van der Waals surface area contributed by atoms with Crippen LogP contribution < -0.4 is 0 Å². The first kappa shape index (κ1) is 11.4. The van der Waals surface area contributed by atoms with Crippen molar-refractivity contribution >= 4 is 10.1 Å². The standard InChI is InChI=1S/C9H14O4S/c1-2-8-13-9(14(10,11)12)6-4-3-5-7-9/h3-6H,2,7-8H2,1H3,(H,10,11,12). The minimum Gasteiger partial charge on any atom is -0.353 e. The molecule has 1 N–H and O–H groups in total. The highest BCUT2D eigenvalue weighted by Gasteiger charge is 2.41. The molecule has 0 aromatic heterocycles. The average Bonchev–Trinajstić information content (AvgIpc) is 2.14. The SMILES string of the molecule is CCCOC1(S(=O)(=O)O)C=CC=CC1. The van der Waals surface area contributed by atoms with Crippen molar-refractivity contribution in [3.8, 4) is 0 Å². The third kappa shape index (κ3) is 2.23. The molecule has 0 aliphatic heterocycles. The summed E-state index contributed by atoms with van der Waals surface area (Å²) in [5.74, 6) is 0. The lowest BCUT2D eigenvalue weighted by molar-refractivity contribution is 0.0470. The van der Waals surface area contributed by atoms with Gasteiger partial charge in [-0.2, -0.15) is 8.42 Å². The predicted molar refractivity (Wildman–Crippen MR) is 53.4 cm³/mol. The summed E-state index contributed by atoms with van der Waals surface area (Å²) in [7, 11) is -4.22. The molecule has 0 heterocycles. The van der Waals surface area contributed by atoms with Gasteiger partial charge >= 0.3 is 0 Å². The summed E-state index contributed by atoms with van der Waals surface area (Å²) < 4.78 is 36.6. The van der Waals surface area contributed by atoms with Gasteiger partial charge in [-0.15, -0.1) is 0 Å². The molecule has 0 radical (unpaired) electrons. The van der Waals surface area contributed by atoms with E-state index in [1.54, 1.807) is 18.2 Å². The second-order valence-corrected chi connectivity index (χ2v) is 4.77. The molecule has 0 fully saturated rings. The lowest BCUT2D eigenvalue weighted by atomic mass is 10.1. The zero-order valence-electron chi connectivity index (χ0n) is 8.01. The summed E-state index contributed by atoms with van der Waals surface area (Å²) in [6.45, 7) is 2.18. The predicted octanol–water partition coefficient (Wildman–Crippen LogP) is 1.51. The van der Waals surface area contributed by atoms with E-state index in [9.17, 15) is 8.42 Å². The summed E-state index contributed by atoms with van der Waals surface area (Å²) in [5, 5.41) is 0. The van der Waals surface area contributed by atoms with Crippen LogP contribution in [0.3, 0.4) is 0 Å². The van der Waals surface area contributed by atoms with Gasteiger partial charge in [-0.3, -0.25) is 4.55 Å². The Morgan fingerprint density at radius 1 is 1.50 bits per heavy atom. The summed E-state index contributed by atoms with van der Waals surface area (Å²) in [5.41, 5.74) is 0. The Labute approximate surface area is 84.0 Å². The highest BCUT2D eigenvalue weighted by molar-refractivity contribution is 7.87. The molecule has 5 heteroatoms. The van der Waals surface area contributed by atoms with E-state index in [1.807, 2.05) is 6.92 Å². The fraction of sp³-hybridized carbons (Fsp3) is 0.556. The van der Waals surface area contributed by atoms with Crippen molar-refractivity contribution in [2.45, 2.75) is 24.7 Å². The van der Waals surface area contributed by atoms with Gasteiger partial charge in [0, 0.05) is 13.0 Å². The monoisotopic (exact) mass is 218 g/mol. The summed E-state index contributed by atoms with van der Waals surface area (Å²) in [6, 6.07) is 0. The van der Waals surface area contributed by atoms with Crippen LogP contribution in [0.15, 0.2) is 24.3 Å². The molecule has 0 saturated carbocycles. The quantitative estimate of drug-likeness (QED) is 0.726. The van der Waals surface area contributed by atoms with Crippen molar-refractivity contribution in [3.05, 3.63) is 24.3 Å². The maximum atomic E-state index is 11.2. The van der Waals surface area contributed by atoms with E-state index in [0.29, 0.717) is 13.0 Å². The Balaban J connectivity index is 2.92. The van der Waals surface area contributed by atoms with Crippen LogP contribution in [-0.4, -0.2) is 24.5 Å². The fourth-order valence-electron chi connectivity index (χ4n) is 1.23. The maximum Gasteiger partial charge on any atom is 0.299 e. The summed E-state index contributed by atoms with van der Waals surface area (Å²) >= 11 is 0. The molecule has 1 aliphatic carbocycles. The van der Waals surface area contributed by atoms with Gasteiger partial charge in [0.1, 0.15) is 0 Å². The molecular formula is C9H14O4S. The van der Waals surface area contributed by atoms with Gasteiger partial charge in [0.05, 0.1) is 0 Å². The first-order valence-corrected chi connectivity index (χ1v) is 5.91. The minimum absolute atomic E-state index is 0.155. The first-order valence-electron chi connectivity index (χ1n) is 4.47. The van der Waals surface area contributed by atoms with E-state index >= 15 is 0 Å². The number of ether oxygens (including phenoxy) is 1. The number of hydrogen-bond acceptors (Lipinski definition) is 3. The Hall–Kier alpha value is -0.650. The van der Waals surface area contributed by atoms with Crippen molar-refractivity contribution in [1.82, 2.24) is 0 Å². The molecule has 0 bridgehead atoms. The molecule has 0 amide bonds. The van der Waals surface area contributed by atoms with Crippen LogP contribution in [0.1, 0.15) is 19.8 Å². The Kier molecular flexibility index (Phi) is 3.47. The van der Waals surface area contributed by atoms with Crippen LogP contribution >= 0.6 is 0 Å². The van der Waals surface area contributed by atoms with Gasteiger partial charge in [-0.1, -0.05) is 25.2 Å². The van der Waals surface area contributed by atoms with Crippen LogP contribution in [0.25, 0.3) is 0 Å². The first-order chi connectivity index (χ1) is 6.52. The highest BCUT2D eigenvalue weighted by atomic mass is 32.2. The van der Waals surface area contributed by atoms with E-state index in [-0.39, 0.29) is 6.42 Å². The lowest BCUT2D eigenvalue weighted by Gasteiger charge is -2.27. The van der Waals surface area contributed by atoms with E-state index in [0.717, 1.165) is 0 Å². The van der Waals surface area contributed by atoms with Crippen molar-refractivity contribution < 1.29 is 17.7 Å². The summed E-state index contributed by atoms with van der Waals surface area (Å²) in [4.78, 5) is -1.57. The van der Waals surface area contributed by atoms with E-state index in [4.69, 9.17) is 9.29 Å². The van der Waals surface area contributed by atoms with E-state index < -0.39 is 15.1 Å². The van der Waals surface area contributed by atoms with Crippen molar-refractivity contribution in [2.75, 3.05) is 6.61 Å². The molecule has 0 spiro atoms. The molecule has 1 aliphatic rings. The van der Waals surface area contributed by atoms with Crippen LogP contribution in [0, 0.1) is 0 Å². The molecule has 80 valence electrons. The van der Waals surface area contributed by atoms with Gasteiger partial charge in [0.2, 0.25) is 4.93 Å². The van der Waals surface area contributed by atoms with E-state index in [1.165, 1.54) is 6.08 Å². The van der Waals surface area contributed by atoms with Gasteiger partial charge in [0.25, 0.3) is 10.1 Å². The zero-order valence-corrected chi connectivity index (χ0v) is 8.83. The molecule has 4 nitrogen and oxygen atoms in total. The third-order valence-corrected chi connectivity index (χ3v) is 3.28. The number of rotatable bonds is 4. The number of allylic oxidation sites excluding steroid dienone is 2. The van der Waals surface area contributed by atoms with Crippen molar-refractivity contribution in [3.63, 3.8) is 0 Å². The van der Waals surface area contributed by atoms with Gasteiger partial charge in [-0.25, -0.2) is 0 Å². The molecule has 1 atom stereocenters. The Morgan fingerprint density at radius 3 is 2.64 bits per heavy atom. The van der Waals surface area contributed by atoms with Crippen molar-refractivity contribution in [2.24, 2.45) is 0 Å². The molecule has 0 aromatic rings. The van der Waals surface area contributed by atoms with Gasteiger partial charge in [-0.05, 0) is 12.5 Å². The maximum absolute atomic E-state index is 11.2. The molecule has 1 unspecified atom stereocenters. The van der Waals surface area contributed by atoms with Crippen LogP contribution in [0.4, 0.5) is 0 Å². The largest absolute Gasteiger partial charge is 0.353 e. The van der Waals surface area contributed by atoms with Gasteiger partial charge in [0.15, 0.2) is 0 Å². The highest BCUT2D eigenvalue weighted by Crippen LogP contribution is 2.28. The normalized spacial score (nSPS) is 26.7. The number of hydrogen-bond donors (Lipinski definition) is 1. The Morgan fingerprint density at radius 2 is 2.21 bits per heavy atom. The van der Waals surface area contributed by atoms with E-state index in [2.05, 4.69) is 0 Å². The molecule has 1 rings (SSSR count). The second kappa shape index (κ2) is 4.25. The van der Waals surface area contributed by atoms with Crippen LogP contribution in [0.2, 0.25) is 0 Å². The smallest absolute Gasteiger partial charge is 0.299 e. The zero-order chi connectivity index (χ0) is 10.7. The molecule has 14 heavy (non-hydrogen) atoms. The minimum atomic E-state index is -4.22. The second-order valence-electron chi connectivity index (χ2n) is 3.13. The average molecular weight is 218 g/mol. The molecule has 0 saturated heterocycles. The van der Waals surface area contributed by atoms with Gasteiger partial charge < -0.3 is 4.74 Å².